The lowest BCUT2D eigenvalue weighted by Crippen LogP contribution is -2.14. The van der Waals surface area contributed by atoms with Gasteiger partial charge in [-0.3, -0.25) is 4.55 Å². The molecule has 0 spiro atoms. The van der Waals surface area contributed by atoms with E-state index in [1.807, 2.05) is 44.2 Å². The Morgan fingerprint density at radius 3 is 2.45 bits per heavy atom. The summed E-state index contributed by atoms with van der Waals surface area (Å²) in [6.07, 6.45) is 0.256. The number of rotatable bonds is 6. The highest BCUT2D eigenvalue weighted by Gasteiger charge is 2.17. The van der Waals surface area contributed by atoms with Gasteiger partial charge >= 0.3 is 0 Å². The fourth-order valence-corrected chi connectivity index (χ4v) is 3.01. The zero-order valence-corrected chi connectivity index (χ0v) is 13.5. The largest absolute Gasteiger partial charge is 0.373 e. The van der Waals surface area contributed by atoms with Gasteiger partial charge in [-0.25, -0.2) is 0 Å². The van der Waals surface area contributed by atoms with Gasteiger partial charge in [-0.1, -0.05) is 48.0 Å². The summed E-state index contributed by atoms with van der Waals surface area (Å²) in [7, 11) is -4.22. The summed E-state index contributed by atoms with van der Waals surface area (Å²) in [6, 6.07) is 14.7. The highest BCUT2D eigenvalue weighted by Crippen LogP contribution is 2.20. The molecular weight excluding hydrogens is 300 g/mol. The van der Waals surface area contributed by atoms with Crippen LogP contribution >= 0.6 is 0 Å². The number of hydrogen-bond acceptors (Lipinski definition) is 3. The normalized spacial score (nSPS) is 13.0. The molecule has 1 unspecified atom stereocenters. The number of hydrogen-bond donors (Lipinski definition) is 1. The molecule has 2 aromatic rings. The zero-order chi connectivity index (χ0) is 16.2. The summed E-state index contributed by atoms with van der Waals surface area (Å²) in [5, 5.41) is 0. The molecule has 0 fully saturated rings. The molecule has 0 saturated heterocycles. The van der Waals surface area contributed by atoms with Crippen molar-refractivity contribution in [3.05, 3.63) is 65.2 Å². The SMILES string of the molecule is Cc1ccc(S(=O)(=O)O)c(CC(C)OCc2ccccc2)c1. The van der Waals surface area contributed by atoms with Crippen LogP contribution in [0.1, 0.15) is 23.6 Å². The van der Waals surface area contributed by atoms with Crippen LogP contribution in [-0.2, 0) is 27.9 Å². The van der Waals surface area contributed by atoms with E-state index in [9.17, 15) is 13.0 Å². The third-order valence-corrected chi connectivity index (χ3v) is 4.33. The van der Waals surface area contributed by atoms with Crippen molar-refractivity contribution < 1.29 is 17.7 Å². The smallest absolute Gasteiger partial charge is 0.294 e. The number of ether oxygens (including phenoxy) is 1. The van der Waals surface area contributed by atoms with Crippen molar-refractivity contribution in [2.75, 3.05) is 0 Å². The highest BCUT2D eigenvalue weighted by atomic mass is 32.2. The molecule has 0 aliphatic rings. The molecule has 4 nitrogen and oxygen atoms in total. The highest BCUT2D eigenvalue weighted by molar-refractivity contribution is 7.85. The first-order valence-corrected chi connectivity index (χ1v) is 8.53. The van der Waals surface area contributed by atoms with Crippen LogP contribution in [0.3, 0.4) is 0 Å². The van der Waals surface area contributed by atoms with E-state index in [0.717, 1.165) is 11.1 Å². The molecule has 22 heavy (non-hydrogen) atoms. The molecule has 0 aliphatic heterocycles. The van der Waals surface area contributed by atoms with E-state index < -0.39 is 10.1 Å². The topological polar surface area (TPSA) is 63.6 Å². The molecule has 0 amide bonds. The Kier molecular flexibility index (Phi) is 5.34. The Morgan fingerprint density at radius 2 is 1.82 bits per heavy atom. The molecule has 1 atom stereocenters. The number of aryl methyl sites for hydroxylation is 1. The quantitative estimate of drug-likeness (QED) is 0.829. The molecule has 5 heteroatoms. The average molecular weight is 320 g/mol. The van der Waals surface area contributed by atoms with Gasteiger partial charge in [0, 0.05) is 0 Å². The Bertz CT molecular complexity index is 724. The van der Waals surface area contributed by atoms with Gasteiger partial charge in [-0.2, -0.15) is 8.42 Å². The van der Waals surface area contributed by atoms with Gasteiger partial charge < -0.3 is 4.74 Å². The van der Waals surface area contributed by atoms with E-state index in [-0.39, 0.29) is 11.0 Å². The van der Waals surface area contributed by atoms with E-state index in [0.29, 0.717) is 18.6 Å². The van der Waals surface area contributed by atoms with Gasteiger partial charge in [0.25, 0.3) is 10.1 Å². The van der Waals surface area contributed by atoms with Gasteiger partial charge in [0.1, 0.15) is 0 Å². The first-order valence-electron chi connectivity index (χ1n) is 7.09. The minimum Gasteiger partial charge on any atom is -0.373 e. The molecule has 2 aromatic carbocycles. The van der Waals surface area contributed by atoms with E-state index in [1.165, 1.54) is 6.07 Å². The second-order valence-corrected chi connectivity index (χ2v) is 6.79. The minimum atomic E-state index is -4.22. The summed E-state index contributed by atoms with van der Waals surface area (Å²) in [5.74, 6) is 0. The molecular formula is C17H20O4S. The third kappa shape index (κ3) is 4.66. The molecule has 1 N–H and O–H groups in total. The lowest BCUT2D eigenvalue weighted by molar-refractivity contribution is 0.0531. The van der Waals surface area contributed by atoms with Crippen LogP contribution in [0.15, 0.2) is 53.4 Å². The van der Waals surface area contributed by atoms with Crippen LogP contribution < -0.4 is 0 Å². The Labute approximate surface area is 131 Å². The predicted octanol–water partition coefficient (Wildman–Crippen LogP) is 3.39. The monoisotopic (exact) mass is 320 g/mol. The van der Waals surface area contributed by atoms with Crippen molar-refractivity contribution in [2.45, 2.75) is 37.9 Å². The lowest BCUT2D eigenvalue weighted by Gasteiger charge is -2.15. The molecule has 0 aromatic heterocycles. The van der Waals surface area contributed by atoms with Crippen LogP contribution in [0.25, 0.3) is 0 Å². The fraction of sp³-hybridized carbons (Fsp3) is 0.294. The summed E-state index contributed by atoms with van der Waals surface area (Å²) >= 11 is 0. The minimum absolute atomic E-state index is 0.0479. The van der Waals surface area contributed by atoms with E-state index in [4.69, 9.17) is 4.74 Å². The van der Waals surface area contributed by atoms with Crippen LogP contribution in [0.2, 0.25) is 0 Å². The molecule has 0 saturated carbocycles. The van der Waals surface area contributed by atoms with Crippen molar-refractivity contribution in [2.24, 2.45) is 0 Å². The first kappa shape index (κ1) is 16.7. The summed E-state index contributed by atoms with van der Waals surface area (Å²) in [5.41, 5.74) is 2.58. The van der Waals surface area contributed by atoms with Crippen molar-refractivity contribution >= 4 is 10.1 Å². The molecule has 0 heterocycles. The molecule has 2 rings (SSSR count). The standard InChI is InChI=1S/C17H20O4S/c1-13-8-9-17(22(18,19)20)16(10-13)11-14(2)21-12-15-6-4-3-5-7-15/h3-10,14H,11-12H2,1-2H3,(H,18,19,20). The van der Waals surface area contributed by atoms with Crippen LogP contribution in [0, 0.1) is 6.92 Å². The van der Waals surface area contributed by atoms with Crippen LogP contribution in [-0.4, -0.2) is 19.1 Å². The number of benzene rings is 2. The van der Waals surface area contributed by atoms with Gasteiger partial charge in [0.05, 0.1) is 17.6 Å². The van der Waals surface area contributed by atoms with E-state index >= 15 is 0 Å². The molecule has 118 valence electrons. The molecule has 0 bridgehead atoms. The molecule has 0 radical (unpaired) electrons. The summed E-state index contributed by atoms with van der Waals surface area (Å²) in [4.78, 5) is -0.0479. The maximum absolute atomic E-state index is 11.4. The van der Waals surface area contributed by atoms with E-state index in [2.05, 4.69) is 0 Å². The third-order valence-electron chi connectivity index (χ3n) is 3.38. The maximum Gasteiger partial charge on any atom is 0.294 e. The maximum atomic E-state index is 11.4. The van der Waals surface area contributed by atoms with Crippen LogP contribution in [0.5, 0.6) is 0 Å². The second kappa shape index (κ2) is 7.05. The summed E-state index contributed by atoms with van der Waals surface area (Å²) in [6.45, 7) is 4.24. The van der Waals surface area contributed by atoms with Gasteiger partial charge in [0.2, 0.25) is 0 Å². The Hall–Kier alpha value is -1.69. The van der Waals surface area contributed by atoms with Crippen molar-refractivity contribution in [1.29, 1.82) is 0 Å². The fourth-order valence-electron chi connectivity index (χ4n) is 2.30. The van der Waals surface area contributed by atoms with Gasteiger partial charge in [-0.15, -0.1) is 0 Å². The first-order chi connectivity index (χ1) is 10.4. The molecule has 0 aliphatic carbocycles. The average Bonchev–Trinajstić information content (AvgIpc) is 2.45. The zero-order valence-electron chi connectivity index (χ0n) is 12.7. The van der Waals surface area contributed by atoms with Crippen molar-refractivity contribution in [3.8, 4) is 0 Å². The van der Waals surface area contributed by atoms with Crippen molar-refractivity contribution in [1.82, 2.24) is 0 Å². The van der Waals surface area contributed by atoms with Crippen LogP contribution in [0.4, 0.5) is 0 Å². The predicted molar refractivity (Wildman–Crippen MR) is 85.4 cm³/mol. The Morgan fingerprint density at radius 1 is 1.14 bits per heavy atom. The second-order valence-electron chi connectivity index (χ2n) is 5.40. The van der Waals surface area contributed by atoms with E-state index in [1.54, 1.807) is 12.1 Å². The lowest BCUT2D eigenvalue weighted by atomic mass is 10.1. The Balaban J connectivity index is 2.08. The van der Waals surface area contributed by atoms with Crippen molar-refractivity contribution in [3.63, 3.8) is 0 Å². The van der Waals surface area contributed by atoms with Gasteiger partial charge in [-0.05, 0) is 37.5 Å². The van der Waals surface area contributed by atoms with Gasteiger partial charge in [0.15, 0.2) is 0 Å². The summed E-state index contributed by atoms with van der Waals surface area (Å²) < 4.78 is 38.0.